The van der Waals surface area contributed by atoms with Crippen LogP contribution in [-0.4, -0.2) is 48.6 Å². The molecule has 0 saturated carbocycles. The average molecular weight is 215 g/mol. The molecule has 1 unspecified atom stereocenters. The highest BCUT2D eigenvalue weighted by atomic mass is 16.7. The zero-order valence-electron chi connectivity index (χ0n) is 9.32. The van der Waals surface area contributed by atoms with Crippen molar-refractivity contribution < 1.29 is 14.4 Å². The molecule has 1 rings (SSSR count). The molecule has 1 fully saturated rings. The van der Waals surface area contributed by atoms with E-state index in [0.717, 1.165) is 17.7 Å². The van der Waals surface area contributed by atoms with Crippen LogP contribution in [0.5, 0.6) is 0 Å². The summed E-state index contributed by atoms with van der Waals surface area (Å²) in [5.74, 6) is -0.341. The van der Waals surface area contributed by atoms with Crippen molar-refractivity contribution in [1.82, 2.24) is 15.3 Å². The number of hydrogen-bond acceptors (Lipinski definition) is 4. The molecule has 1 atom stereocenters. The predicted octanol–water partition coefficient (Wildman–Crippen LogP) is 0.158. The molecule has 86 valence electrons. The third-order valence-corrected chi connectivity index (χ3v) is 2.31. The molecule has 6 nitrogen and oxygen atoms in total. The number of carbonyl (C=O) groups excluding carboxylic acids is 2. The Morgan fingerprint density at radius 3 is 2.53 bits per heavy atom. The largest absolute Gasteiger partial charge is 0.328 e. The molecule has 1 N–H and O–H groups in total. The van der Waals surface area contributed by atoms with E-state index in [1.807, 2.05) is 0 Å². The van der Waals surface area contributed by atoms with Gasteiger partial charge in [-0.2, -0.15) is 5.48 Å². The molecule has 0 bridgehead atoms. The maximum absolute atomic E-state index is 11.5. The van der Waals surface area contributed by atoms with Gasteiger partial charge in [-0.25, -0.2) is 4.79 Å². The highest BCUT2D eigenvalue weighted by Gasteiger charge is 2.41. The van der Waals surface area contributed by atoms with E-state index in [-0.39, 0.29) is 11.9 Å². The van der Waals surface area contributed by atoms with Crippen LogP contribution in [0.4, 0.5) is 4.79 Å². The first-order chi connectivity index (χ1) is 7.09. The fourth-order valence-corrected chi connectivity index (χ4v) is 1.28. The van der Waals surface area contributed by atoms with Crippen LogP contribution >= 0.6 is 0 Å². The number of hydrogen-bond donors (Lipinski definition) is 1. The van der Waals surface area contributed by atoms with E-state index in [4.69, 9.17) is 4.84 Å². The molecule has 0 radical (unpaired) electrons. The smallest absolute Gasteiger partial charge is 0.292 e. The molecule has 0 spiro atoms. The topological polar surface area (TPSA) is 61.9 Å². The van der Waals surface area contributed by atoms with Gasteiger partial charge in [-0.05, 0) is 6.42 Å². The summed E-state index contributed by atoms with van der Waals surface area (Å²) in [7, 11) is 2.98. The highest BCUT2D eigenvalue weighted by Crippen LogP contribution is 2.13. The Kier molecular flexibility index (Phi) is 4.05. The Bertz CT molecular complexity index is 257. The van der Waals surface area contributed by atoms with Gasteiger partial charge in [-0.3, -0.25) is 19.4 Å². The first-order valence-corrected chi connectivity index (χ1v) is 5.02. The number of amides is 3. The van der Waals surface area contributed by atoms with E-state index in [9.17, 15) is 9.59 Å². The molecule has 0 aromatic rings. The van der Waals surface area contributed by atoms with Gasteiger partial charge >= 0.3 is 6.03 Å². The van der Waals surface area contributed by atoms with Crippen molar-refractivity contribution in [3.05, 3.63) is 0 Å². The highest BCUT2D eigenvalue weighted by molar-refractivity contribution is 6.02. The maximum Gasteiger partial charge on any atom is 0.328 e. The summed E-state index contributed by atoms with van der Waals surface area (Å²) in [6.45, 7) is 2.73. The molecular formula is C9H17N3O3. The zero-order valence-corrected chi connectivity index (χ0v) is 9.32. The minimum Gasteiger partial charge on any atom is -0.292 e. The van der Waals surface area contributed by atoms with Gasteiger partial charge in [0.15, 0.2) is 0 Å². The zero-order chi connectivity index (χ0) is 11.4. The van der Waals surface area contributed by atoms with Gasteiger partial charge in [0, 0.05) is 20.6 Å². The molecule has 1 saturated heterocycles. The van der Waals surface area contributed by atoms with E-state index in [0.29, 0.717) is 6.54 Å². The minimum absolute atomic E-state index is 0.341. The van der Waals surface area contributed by atoms with Gasteiger partial charge in [0.05, 0.1) is 0 Å². The number of hydroxylamine groups is 1. The van der Waals surface area contributed by atoms with Crippen LogP contribution in [0.2, 0.25) is 0 Å². The fraction of sp³-hybridized carbons (Fsp3) is 0.778. The number of rotatable bonds is 5. The first-order valence-electron chi connectivity index (χ1n) is 5.02. The monoisotopic (exact) mass is 215 g/mol. The van der Waals surface area contributed by atoms with Crippen LogP contribution in [0.25, 0.3) is 0 Å². The van der Waals surface area contributed by atoms with Crippen LogP contribution < -0.4 is 5.48 Å². The van der Waals surface area contributed by atoms with Gasteiger partial charge in [-0.15, -0.1) is 0 Å². The molecule has 6 heteroatoms. The van der Waals surface area contributed by atoms with Crippen molar-refractivity contribution in [3.63, 3.8) is 0 Å². The summed E-state index contributed by atoms with van der Waals surface area (Å²) in [5.41, 5.74) is 2.69. The minimum atomic E-state index is -0.834. The van der Waals surface area contributed by atoms with E-state index >= 15 is 0 Å². The number of carbonyl (C=O) groups is 2. The molecule has 0 aliphatic carbocycles. The SMILES string of the molecule is CCCCNOC1C(=O)N(C)C(=O)N1C. The van der Waals surface area contributed by atoms with Crippen molar-refractivity contribution in [2.45, 2.75) is 26.0 Å². The molecular weight excluding hydrogens is 198 g/mol. The van der Waals surface area contributed by atoms with Crippen LogP contribution in [0.3, 0.4) is 0 Å². The first kappa shape index (κ1) is 11.9. The summed E-state index contributed by atoms with van der Waals surface area (Å²) < 4.78 is 0. The summed E-state index contributed by atoms with van der Waals surface area (Å²) in [4.78, 5) is 30.3. The number of nitrogens with zero attached hydrogens (tertiary/aromatic N) is 2. The lowest BCUT2D eigenvalue weighted by molar-refractivity contribution is -0.148. The van der Waals surface area contributed by atoms with Crippen molar-refractivity contribution in [3.8, 4) is 0 Å². The predicted molar refractivity (Wildman–Crippen MR) is 53.7 cm³/mol. The Morgan fingerprint density at radius 1 is 1.40 bits per heavy atom. The van der Waals surface area contributed by atoms with Crippen LogP contribution in [0.15, 0.2) is 0 Å². The summed E-state index contributed by atoms with van der Waals surface area (Å²) in [5, 5.41) is 0. The second-order valence-electron chi connectivity index (χ2n) is 3.51. The van der Waals surface area contributed by atoms with E-state index in [2.05, 4.69) is 12.4 Å². The Hall–Kier alpha value is -1.14. The summed E-state index contributed by atoms with van der Waals surface area (Å²) in [6, 6.07) is -0.345. The molecule has 0 aromatic carbocycles. The second-order valence-corrected chi connectivity index (χ2v) is 3.51. The Balaban J connectivity index is 2.41. The average Bonchev–Trinajstić information content (AvgIpc) is 2.41. The molecule has 3 amide bonds. The Morgan fingerprint density at radius 2 is 2.07 bits per heavy atom. The van der Waals surface area contributed by atoms with E-state index < -0.39 is 6.23 Å². The number of urea groups is 1. The van der Waals surface area contributed by atoms with Crippen LogP contribution in [0, 0.1) is 0 Å². The van der Waals surface area contributed by atoms with Gasteiger partial charge in [0.2, 0.25) is 6.23 Å². The molecule has 0 aromatic heterocycles. The number of nitrogens with one attached hydrogen (secondary N) is 1. The molecule has 15 heavy (non-hydrogen) atoms. The molecule has 1 heterocycles. The van der Waals surface area contributed by atoms with Crippen molar-refractivity contribution in [2.24, 2.45) is 0 Å². The molecule has 1 aliphatic heterocycles. The quantitative estimate of drug-likeness (QED) is 0.403. The summed E-state index contributed by atoms with van der Waals surface area (Å²) >= 11 is 0. The number of imide groups is 1. The van der Waals surface area contributed by atoms with Crippen molar-refractivity contribution in [2.75, 3.05) is 20.6 Å². The lowest BCUT2D eigenvalue weighted by Crippen LogP contribution is -2.38. The third-order valence-electron chi connectivity index (χ3n) is 2.31. The van der Waals surface area contributed by atoms with Crippen LogP contribution in [0.1, 0.15) is 19.8 Å². The van der Waals surface area contributed by atoms with E-state index in [1.54, 1.807) is 0 Å². The van der Waals surface area contributed by atoms with Crippen molar-refractivity contribution in [1.29, 1.82) is 0 Å². The summed E-state index contributed by atoms with van der Waals surface area (Å²) in [6.07, 6.45) is 1.18. The van der Waals surface area contributed by atoms with Gasteiger partial charge in [0.1, 0.15) is 0 Å². The normalized spacial score (nSPS) is 21.7. The third kappa shape index (κ3) is 2.45. The standard InChI is InChI=1S/C9H17N3O3/c1-4-5-6-10-15-8-7(13)11(2)9(14)12(8)3/h8,10H,4-6H2,1-3H3. The number of unbranched alkanes of at least 4 members (excludes halogenated alkanes) is 1. The van der Waals surface area contributed by atoms with Gasteiger partial charge < -0.3 is 0 Å². The van der Waals surface area contributed by atoms with E-state index in [1.165, 1.54) is 19.0 Å². The lowest BCUT2D eigenvalue weighted by Gasteiger charge is -2.16. The van der Waals surface area contributed by atoms with Gasteiger partial charge in [0.25, 0.3) is 5.91 Å². The van der Waals surface area contributed by atoms with Crippen LogP contribution in [-0.2, 0) is 9.63 Å². The fourth-order valence-electron chi connectivity index (χ4n) is 1.28. The second kappa shape index (κ2) is 5.09. The maximum atomic E-state index is 11.5. The van der Waals surface area contributed by atoms with Crippen molar-refractivity contribution >= 4 is 11.9 Å². The number of likely N-dealkylation sites (N-methyl/N-ethyl adjacent to an activating group) is 2. The van der Waals surface area contributed by atoms with Gasteiger partial charge in [-0.1, -0.05) is 13.3 Å². The Labute approximate surface area is 89.1 Å². The lowest BCUT2D eigenvalue weighted by atomic mass is 10.3. The molecule has 1 aliphatic rings.